The molecule has 3 fully saturated rings. The summed E-state index contributed by atoms with van der Waals surface area (Å²) in [4.78, 5) is 29.0. The summed E-state index contributed by atoms with van der Waals surface area (Å²) in [5.74, 6) is 0.0777. The smallest absolute Gasteiger partial charge is 0.320 e. The van der Waals surface area contributed by atoms with Crippen molar-refractivity contribution in [2.24, 2.45) is 5.92 Å². The molecule has 6 heteroatoms. The summed E-state index contributed by atoms with van der Waals surface area (Å²) < 4.78 is 0. The van der Waals surface area contributed by atoms with Gasteiger partial charge in [-0.15, -0.1) is 0 Å². The van der Waals surface area contributed by atoms with E-state index in [4.69, 9.17) is 0 Å². The minimum absolute atomic E-state index is 0.0515. The van der Waals surface area contributed by atoms with Crippen LogP contribution in [0.25, 0.3) is 0 Å². The zero-order valence-corrected chi connectivity index (χ0v) is 14.2. The summed E-state index contributed by atoms with van der Waals surface area (Å²) in [5, 5.41) is 6.63. The van der Waals surface area contributed by atoms with Crippen LogP contribution in [0.1, 0.15) is 45.4 Å². The standard InChI is InChI=1S/C17H30N4O2/c1-13-15(7-4-8-18-13)19-16(22)14-6-5-11-21(12-14)17(23)20-9-2-3-10-20/h13-15,18H,2-12H2,1H3,(H,19,22). The van der Waals surface area contributed by atoms with E-state index < -0.39 is 0 Å². The summed E-state index contributed by atoms with van der Waals surface area (Å²) in [6.07, 6.45) is 6.19. The predicted molar refractivity (Wildman–Crippen MR) is 89.1 cm³/mol. The maximum atomic E-state index is 12.6. The van der Waals surface area contributed by atoms with Gasteiger partial charge in [-0.2, -0.15) is 0 Å². The molecule has 3 saturated heterocycles. The third-order valence-corrected chi connectivity index (χ3v) is 5.53. The Morgan fingerprint density at radius 2 is 1.74 bits per heavy atom. The van der Waals surface area contributed by atoms with Crippen LogP contribution in [-0.4, -0.2) is 66.5 Å². The van der Waals surface area contributed by atoms with Gasteiger partial charge in [0.25, 0.3) is 0 Å². The second-order valence-electron chi connectivity index (χ2n) is 7.26. The van der Waals surface area contributed by atoms with Crippen molar-refractivity contribution >= 4 is 11.9 Å². The monoisotopic (exact) mass is 322 g/mol. The van der Waals surface area contributed by atoms with Crippen molar-refractivity contribution in [2.75, 3.05) is 32.7 Å². The van der Waals surface area contributed by atoms with Crippen LogP contribution in [0.15, 0.2) is 0 Å². The Labute approximate surface area is 139 Å². The number of urea groups is 1. The van der Waals surface area contributed by atoms with Crippen molar-refractivity contribution < 1.29 is 9.59 Å². The molecule has 0 aromatic carbocycles. The van der Waals surface area contributed by atoms with Gasteiger partial charge in [0.2, 0.25) is 5.91 Å². The highest BCUT2D eigenvalue weighted by atomic mass is 16.2. The molecule has 3 heterocycles. The molecule has 0 spiro atoms. The lowest BCUT2D eigenvalue weighted by Crippen LogP contribution is -2.55. The van der Waals surface area contributed by atoms with Crippen LogP contribution in [0.2, 0.25) is 0 Å². The Hall–Kier alpha value is -1.30. The Kier molecular flexibility index (Phi) is 5.41. The minimum Gasteiger partial charge on any atom is -0.352 e. The number of likely N-dealkylation sites (tertiary alicyclic amines) is 2. The van der Waals surface area contributed by atoms with Gasteiger partial charge in [0, 0.05) is 38.3 Å². The Balaban J connectivity index is 1.52. The first kappa shape index (κ1) is 16.6. The zero-order valence-electron chi connectivity index (χ0n) is 14.2. The van der Waals surface area contributed by atoms with Crippen molar-refractivity contribution in [3.63, 3.8) is 0 Å². The lowest BCUT2D eigenvalue weighted by molar-refractivity contribution is -0.127. The van der Waals surface area contributed by atoms with E-state index in [1.807, 2.05) is 9.80 Å². The Morgan fingerprint density at radius 3 is 2.48 bits per heavy atom. The highest BCUT2D eigenvalue weighted by Gasteiger charge is 2.33. The fraction of sp³-hybridized carbons (Fsp3) is 0.882. The second-order valence-corrected chi connectivity index (χ2v) is 7.26. The number of nitrogens with zero attached hydrogens (tertiary/aromatic N) is 2. The van der Waals surface area contributed by atoms with Crippen molar-refractivity contribution in [3.05, 3.63) is 0 Å². The maximum absolute atomic E-state index is 12.6. The van der Waals surface area contributed by atoms with E-state index >= 15 is 0 Å². The van der Waals surface area contributed by atoms with Gasteiger partial charge in [-0.25, -0.2) is 4.79 Å². The average Bonchev–Trinajstić information content (AvgIpc) is 3.11. The molecule has 0 bridgehead atoms. The molecule has 0 aromatic heterocycles. The minimum atomic E-state index is -0.0515. The molecular formula is C17H30N4O2. The highest BCUT2D eigenvalue weighted by Crippen LogP contribution is 2.20. The molecular weight excluding hydrogens is 292 g/mol. The Bertz CT molecular complexity index is 436. The number of amides is 3. The molecule has 130 valence electrons. The van der Waals surface area contributed by atoms with Gasteiger partial charge in [-0.05, 0) is 52.0 Å². The van der Waals surface area contributed by atoms with Gasteiger partial charge in [-0.1, -0.05) is 0 Å². The fourth-order valence-electron chi connectivity index (χ4n) is 4.02. The summed E-state index contributed by atoms with van der Waals surface area (Å²) in [5.41, 5.74) is 0. The van der Waals surface area contributed by atoms with Crippen LogP contribution in [0.5, 0.6) is 0 Å². The van der Waals surface area contributed by atoms with E-state index in [-0.39, 0.29) is 23.9 Å². The molecule has 3 aliphatic rings. The van der Waals surface area contributed by atoms with E-state index in [9.17, 15) is 9.59 Å². The molecule has 3 atom stereocenters. The predicted octanol–water partition coefficient (Wildman–Crippen LogP) is 1.17. The lowest BCUT2D eigenvalue weighted by atomic mass is 9.94. The highest BCUT2D eigenvalue weighted by molar-refractivity contribution is 5.81. The average molecular weight is 322 g/mol. The first-order valence-corrected chi connectivity index (χ1v) is 9.23. The van der Waals surface area contributed by atoms with E-state index in [1.165, 1.54) is 0 Å². The van der Waals surface area contributed by atoms with Crippen LogP contribution in [0, 0.1) is 5.92 Å². The molecule has 3 unspecified atom stereocenters. The first-order valence-electron chi connectivity index (χ1n) is 9.23. The van der Waals surface area contributed by atoms with Crippen LogP contribution in [-0.2, 0) is 4.79 Å². The number of hydrogen-bond donors (Lipinski definition) is 2. The third-order valence-electron chi connectivity index (χ3n) is 5.53. The quantitative estimate of drug-likeness (QED) is 0.802. The SMILES string of the molecule is CC1NCCCC1NC(=O)C1CCCN(C(=O)N2CCCC2)C1. The van der Waals surface area contributed by atoms with Crippen LogP contribution in [0.4, 0.5) is 4.79 Å². The summed E-state index contributed by atoms with van der Waals surface area (Å²) in [6, 6.07) is 0.687. The second kappa shape index (κ2) is 7.51. The molecule has 6 nitrogen and oxygen atoms in total. The maximum Gasteiger partial charge on any atom is 0.320 e. The van der Waals surface area contributed by atoms with Crippen molar-refractivity contribution in [1.29, 1.82) is 0 Å². The van der Waals surface area contributed by atoms with Crippen LogP contribution < -0.4 is 10.6 Å². The van der Waals surface area contributed by atoms with Crippen LogP contribution >= 0.6 is 0 Å². The van der Waals surface area contributed by atoms with Crippen molar-refractivity contribution in [2.45, 2.75) is 57.5 Å². The number of carbonyl (C=O) groups is 2. The molecule has 3 aliphatic heterocycles. The van der Waals surface area contributed by atoms with Gasteiger partial charge in [0.1, 0.15) is 0 Å². The lowest BCUT2D eigenvalue weighted by Gasteiger charge is -2.36. The number of carbonyl (C=O) groups excluding carboxylic acids is 2. The topological polar surface area (TPSA) is 64.7 Å². The molecule has 0 aliphatic carbocycles. The molecule has 23 heavy (non-hydrogen) atoms. The molecule has 3 amide bonds. The summed E-state index contributed by atoms with van der Waals surface area (Å²) in [6.45, 7) is 6.29. The molecule has 0 radical (unpaired) electrons. The van der Waals surface area contributed by atoms with E-state index in [0.717, 1.165) is 64.7 Å². The summed E-state index contributed by atoms with van der Waals surface area (Å²) >= 11 is 0. The van der Waals surface area contributed by atoms with Gasteiger partial charge in [0.05, 0.1) is 5.92 Å². The number of hydrogen-bond acceptors (Lipinski definition) is 3. The number of piperidine rings is 2. The zero-order chi connectivity index (χ0) is 16.2. The number of nitrogens with one attached hydrogen (secondary N) is 2. The van der Waals surface area contributed by atoms with E-state index in [0.29, 0.717) is 12.6 Å². The normalized spacial score (nSPS) is 32.0. The Morgan fingerprint density at radius 1 is 1.00 bits per heavy atom. The van der Waals surface area contributed by atoms with Crippen LogP contribution in [0.3, 0.4) is 0 Å². The summed E-state index contributed by atoms with van der Waals surface area (Å²) in [7, 11) is 0. The third kappa shape index (κ3) is 3.97. The van der Waals surface area contributed by atoms with Crippen molar-refractivity contribution in [3.8, 4) is 0 Å². The van der Waals surface area contributed by atoms with E-state index in [2.05, 4.69) is 17.6 Å². The molecule has 2 N–H and O–H groups in total. The fourth-order valence-corrected chi connectivity index (χ4v) is 4.02. The first-order chi connectivity index (χ1) is 11.1. The molecule has 0 aromatic rings. The van der Waals surface area contributed by atoms with E-state index in [1.54, 1.807) is 0 Å². The van der Waals surface area contributed by atoms with Gasteiger partial charge in [0.15, 0.2) is 0 Å². The van der Waals surface area contributed by atoms with Gasteiger partial charge >= 0.3 is 6.03 Å². The van der Waals surface area contributed by atoms with Crippen molar-refractivity contribution in [1.82, 2.24) is 20.4 Å². The van der Waals surface area contributed by atoms with Gasteiger partial charge in [-0.3, -0.25) is 4.79 Å². The largest absolute Gasteiger partial charge is 0.352 e. The van der Waals surface area contributed by atoms with Gasteiger partial charge < -0.3 is 20.4 Å². The molecule has 3 rings (SSSR count). The number of rotatable bonds is 2. The molecule has 0 saturated carbocycles.